The lowest BCUT2D eigenvalue weighted by Crippen LogP contribution is -2.17. The predicted molar refractivity (Wildman–Crippen MR) is 35.6 cm³/mol. The first-order valence-electron chi connectivity index (χ1n) is 3.23. The van der Waals surface area contributed by atoms with Gasteiger partial charge in [-0.05, 0) is 19.3 Å². The normalized spacial score (nSPS) is 24.2. The van der Waals surface area contributed by atoms with Crippen LogP contribution in [0.4, 0.5) is 0 Å². The van der Waals surface area contributed by atoms with Gasteiger partial charge >= 0.3 is 0 Å². The molecule has 46 valence electrons. The van der Waals surface area contributed by atoms with Gasteiger partial charge in [0.15, 0.2) is 0 Å². The molecule has 1 aliphatic rings. The molecule has 2 N–H and O–H groups in total. The summed E-state index contributed by atoms with van der Waals surface area (Å²) in [6.07, 6.45) is 7.76. The second-order valence-electron chi connectivity index (χ2n) is 2.54. The highest BCUT2D eigenvalue weighted by atomic mass is 14.8. The number of hydrogen-bond donors (Lipinski definition) is 1. The van der Waals surface area contributed by atoms with Crippen molar-refractivity contribution in [1.29, 1.82) is 0 Å². The van der Waals surface area contributed by atoms with Crippen molar-refractivity contribution in [1.82, 2.24) is 0 Å². The number of hydrogen-bond acceptors (Lipinski definition) is 1. The predicted octanol–water partition coefficient (Wildman–Crippen LogP) is 1.44. The Hall–Kier alpha value is -0.300. The number of nitrogens with two attached hydrogens (primary N) is 1. The molecule has 0 radical (unpaired) electrons. The minimum absolute atomic E-state index is 0.121. The van der Waals surface area contributed by atoms with E-state index in [1.807, 2.05) is 0 Å². The Labute approximate surface area is 50.6 Å². The Bertz CT molecular complexity index is 101. The average Bonchev–Trinajstić information content (AvgIpc) is 2.45. The molecule has 1 fully saturated rings. The molecule has 0 aromatic heterocycles. The Balaban J connectivity index is 2.27. The van der Waals surface area contributed by atoms with E-state index in [2.05, 4.69) is 19.1 Å². The monoisotopic (exact) mass is 111 g/mol. The molecule has 0 aliphatic heterocycles. The topological polar surface area (TPSA) is 26.0 Å². The molecule has 0 atom stereocenters. The molecule has 0 amide bonds. The fourth-order valence-electron chi connectivity index (χ4n) is 0.664. The highest BCUT2D eigenvalue weighted by molar-refractivity contribution is 5.14. The molecule has 1 nitrogen and oxygen atoms in total. The molecule has 0 spiro atoms. The van der Waals surface area contributed by atoms with E-state index in [1.54, 1.807) is 0 Å². The van der Waals surface area contributed by atoms with Crippen LogP contribution in [0.5, 0.6) is 0 Å². The summed E-state index contributed by atoms with van der Waals surface area (Å²) in [5.41, 5.74) is 5.87. The van der Waals surface area contributed by atoms with Crippen LogP contribution in [-0.4, -0.2) is 5.54 Å². The molecule has 1 aliphatic carbocycles. The molecule has 0 unspecified atom stereocenters. The summed E-state index contributed by atoms with van der Waals surface area (Å²) in [6.45, 7) is 2.13. The SMILES string of the molecule is CC/C=C/C1(N)CC1. The van der Waals surface area contributed by atoms with E-state index in [-0.39, 0.29) is 5.54 Å². The molecular weight excluding hydrogens is 98.1 g/mol. The molecule has 1 rings (SSSR count). The second kappa shape index (κ2) is 1.90. The quantitative estimate of drug-likeness (QED) is 0.536. The van der Waals surface area contributed by atoms with Crippen LogP contribution < -0.4 is 5.73 Å². The summed E-state index contributed by atoms with van der Waals surface area (Å²) in [5.74, 6) is 0. The van der Waals surface area contributed by atoms with Gasteiger partial charge in [-0.3, -0.25) is 0 Å². The summed E-state index contributed by atoms with van der Waals surface area (Å²) >= 11 is 0. The van der Waals surface area contributed by atoms with Crippen LogP contribution in [-0.2, 0) is 0 Å². The van der Waals surface area contributed by atoms with Crippen molar-refractivity contribution in [3.63, 3.8) is 0 Å². The molecule has 0 heterocycles. The van der Waals surface area contributed by atoms with Crippen LogP contribution in [0.3, 0.4) is 0 Å². The van der Waals surface area contributed by atoms with E-state index in [4.69, 9.17) is 5.73 Å². The van der Waals surface area contributed by atoms with Gasteiger partial charge in [0.25, 0.3) is 0 Å². The molecule has 0 aromatic carbocycles. The van der Waals surface area contributed by atoms with E-state index >= 15 is 0 Å². The van der Waals surface area contributed by atoms with Gasteiger partial charge in [0.1, 0.15) is 0 Å². The minimum Gasteiger partial charge on any atom is -0.322 e. The van der Waals surface area contributed by atoms with Crippen molar-refractivity contribution in [2.24, 2.45) is 5.73 Å². The standard InChI is InChI=1S/C7H13N/c1-2-3-4-7(8)5-6-7/h3-4H,2,5-6,8H2,1H3/b4-3+. The van der Waals surface area contributed by atoms with E-state index in [0.717, 1.165) is 6.42 Å². The van der Waals surface area contributed by atoms with Gasteiger partial charge in [-0.1, -0.05) is 19.1 Å². The third kappa shape index (κ3) is 1.34. The first-order chi connectivity index (χ1) is 3.77. The smallest absolute Gasteiger partial charge is 0.0340 e. The molecule has 1 saturated carbocycles. The van der Waals surface area contributed by atoms with Gasteiger partial charge in [-0.25, -0.2) is 0 Å². The Morgan fingerprint density at radius 3 is 2.62 bits per heavy atom. The molecule has 8 heavy (non-hydrogen) atoms. The van der Waals surface area contributed by atoms with Gasteiger partial charge in [0.2, 0.25) is 0 Å². The van der Waals surface area contributed by atoms with Crippen molar-refractivity contribution < 1.29 is 0 Å². The zero-order valence-corrected chi connectivity index (χ0v) is 5.35. The lowest BCUT2D eigenvalue weighted by molar-refractivity contribution is 0.850. The maximum Gasteiger partial charge on any atom is 0.0340 e. The zero-order valence-electron chi connectivity index (χ0n) is 5.35. The molecular formula is C7H13N. The molecule has 0 aromatic rings. The van der Waals surface area contributed by atoms with Crippen LogP contribution in [0.25, 0.3) is 0 Å². The van der Waals surface area contributed by atoms with Crippen molar-refractivity contribution in [3.05, 3.63) is 12.2 Å². The van der Waals surface area contributed by atoms with Crippen LogP contribution in [0.1, 0.15) is 26.2 Å². The van der Waals surface area contributed by atoms with Gasteiger partial charge in [-0.15, -0.1) is 0 Å². The largest absolute Gasteiger partial charge is 0.322 e. The van der Waals surface area contributed by atoms with E-state index in [9.17, 15) is 0 Å². The Kier molecular flexibility index (Phi) is 1.39. The lowest BCUT2D eigenvalue weighted by Gasteiger charge is -1.95. The highest BCUT2D eigenvalue weighted by Gasteiger charge is 2.34. The van der Waals surface area contributed by atoms with E-state index in [0.29, 0.717) is 0 Å². The Morgan fingerprint density at radius 1 is 1.62 bits per heavy atom. The van der Waals surface area contributed by atoms with Crippen molar-refractivity contribution in [2.45, 2.75) is 31.7 Å². The van der Waals surface area contributed by atoms with Gasteiger partial charge < -0.3 is 5.73 Å². The zero-order chi connectivity index (χ0) is 6.04. The van der Waals surface area contributed by atoms with Gasteiger partial charge in [-0.2, -0.15) is 0 Å². The van der Waals surface area contributed by atoms with Crippen LogP contribution in [0.2, 0.25) is 0 Å². The number of rotatable bonds is 2. The highest BCUT2D eigenvalue weighted by Crippen LogP contribution is 2.33. The summed E-state index contributed by atoms with van der Waals surface area (Å²) in [5, 5.41) is 0. The fourth-order valence-corrected chi connectivity index (χ4v) is 0.664. The fraction of sp³-hybridized carbons (Fsp3) is 0.714. The molecule has 0 saturated heterocycles. The molecule has 0 bridgehead atoms. The van der Waals surface area contributed by atoms with Crippen LogP contribution in [0, 0.1) is 0 Å². The number of allylic oxidation sites excluding steroid dienone is 1. The average molecular weight is 111 g/mol. The van der Waals surface area contributed by atoms with E-state index in [1.165, 1.54) is 12.8 Å². The summed E-state index contributed by atoms with van der Waals surface area (Å²) in [6, 6.07) is 0. The summed E-state index contributed by atoms with van der Waals surface area (Å²) < 4.78 is 0. The third-order valence-electron chi connectivity index (χ3n) is 1.51. The maximum atomic E-state index is 5.75. The summed E-state index contributed by atoms with van der Waals surface area (Å²) in [7, 11) is 0. The van der Waals surface area contributed by atoms with Crippen molar-refractivity contribution in [3.8, 4) is 0 Å². The van der Waals surface area contributed by atoms with E-state index < -0.39 is 0 Å². The van der Waals surface area contributed by atoms with Gasteiger partial charge in [0.05, 0.1) is 0 Å². The minimum atomic E-state index is 0.121. The third-order valence-corrected chi connectivity index (χ3v) is 1.51. The summed E-state index contributed by atoms with van der Waals surface area (Å²) in [4.78, 5) is 0. The van der Waals surface area contributed by atoms with Crippen molar-refractivity contribution in [2.75, 3.05) is 0 Å². The first-order valence-corrected chi connectivity index (χ1v) is 3.23. The second-order valence-corrected chi connectivity index (χ2v) is 2.54. The van der Waals surface area contributed by atoms with Gasteiger partial charge in [0, 0.05) is 5.54 Å². The maximum absolute atomic E-state index is 5.75. The molecule has 1 heteroatoms. The first kappa shape index (κ1) is 5.83. The Morgan fingerprint density at radius 2 is 2.25 bits per heavy atom. The van der Waals surface area contributed by atoms with Crippen molar-refractivity contribution >= 4 is 0 Å². The van der Waals surface area contributed by atoms with Crippen LogP contribution >= 0.6 is 0 Å². The van der Waals surface area contributed by atoms with Crippen LogP contribution in [0.15, 0.2) is 12.2 Å². The lowest BCUT2D eigenvalue weighted by atomic mass is 10.2.